The second-order valence-electron chi connectivity index (χ2n) is 5.57. The number of piperidine rings is 2. The number of hydrogen-bond donors (Lipinski definition) is 1. The van der Waals surface area contributed by atoms with Gasteiger partial charge in [-0.25, -0.2) is 0 Å². The lowest BCUT2D eigenvalue weighted by Gasteiger charge is -2.47. The number of halogens is 1. The van der Waals surface area contributed by atoms with Crippen LogP contribution >= 0.6 is 22.6 Å². The predicted octanol–water partition coefficient (Wildman–Crippen LogP) is 2.50. The van der Waals surface area contributed by atoms with Crippen LogP contribution in [0.1, 0.15) is 38.5 Å². The lowest BCUT2D eigenvalue weighted by atomic mass is 9.69. The van der Waals surface area contributed by atoms with E-state index in [9.17, 15) is 4.79 Å². The average Bonchev–Trinajstić information content (AvgIpc) is 3.02. The van der Waals surface area contributed by atoms with Gasteiger partial charge < -0.3 is 5.32 Å². The van der Waals surface area contributed by atoms with E-state index in [-0.39, 0.29) is 6.04 Å². The topological polar surface area (TPSA) is 29.1 Å². The Morgan fingerprint density at radius 1 is 1.27 bits per heavy atom. The normalized spacial score (nSPS) is 44.3. The maximum atomic E-state index is 11.5. The van der Waals surface area contributed by atoms with Gasteiger partial charge in [0.1, 0.15) is 0 Å². The van der Waals surface area contributed by atoms with Crippen LogP contribution < -0.4 is 5.32 Å². The lowest BCUT2D eigenvalue weighted by Crippen LogP contribution is -2.58. The number of carbonyl (C=O) groups excluding carboxylic acids is 1. The molecule has 0 aromatic heterocycles. The Labute approximate surface area is 105 Å². The molecule has 0 amide bonds. The molecule has 84 valence electrons. The Balaban J connectivity index is 1.65. The molecular weight excluding hydrogens is 301 g/mol. The molecule has 4 atom stereocenters. The van der Waals surface area contributed by atoms with E-state index in [1.54, 1.807) is 0 Å². The molecule has 0 aromatic carbocycles. The molecule has 4 rings (SSSR count). The zero-order chi connectivity index (χ0) is 10.4. The first-order valence-electron chi connectivity index (χ1n) is 6.19. The van der Waals surface area contributed by atoms with Gasteiger partial charge in [0.2, 0.25) is 3.79 Å². The molecule has 0 aromatic rings. The standard InChI is InChI=1S/C12H18INO/c13-12(15)11-8-3-4-10(14-11)9(6-8)5-7-1-2-7/h7-11,14H,1-6H2/t8-,9+,10+,11+/m1/s1. The van der Waals surface area contributed by atoms with Gasteiger partial charge in [-0.2, -0.15) is 0 Å². The van der Waals surface area contributed by atoms with Crippen molar-refractivity contribution in [3.63, 3.8) is 0 Å². The summed E-state index contributed by atoms with van der Waals surface area (Å²) in [6.07, 6.45) is 8.25. The van der Waals surface area contributed by atoms with Crippen LogP contribution in [-0.2, 0) is 4.79 Å². The third kappa shape index (κ3) is 2.09. The van der Waals surface area contributed by atoms with E-state index in [1.165, 1.54) is 38.5 Å². The molecule has 2 aliphatic carbocycles. The molecule has 0 radical (unpaired) electrons. The predicted molar refractivity (Wildman–Crippen MR) is 67.9 cm³/mol. The zero-order valence-electron chi connectivity index (χ0n) is 8.92. The molecule has 1 N–H and O–H groups in total. The highest BCUT2D eigenvalue weighted by atomic mass is 127. The van der Waals surface area contributed by atoms with Crippen LogP contribution in [0.4, 0.5) is 0 Å². The maximum absolute atomic E-state index is 11.5. The molecule has 4 fully saturated rings. The van der Waals surface area contributed by atoms with Crippen molar-refractivity contribution in [3.05, 3.63) is 0 Å². The lowest BCUT2D eigenvalue weighted by molar-refractivity contribution is -0.115. The minimum atomic E-state index is 0.180. The summed E-state index contributed by atoms with van der Waals surface area (Å²) in [6, 6.07) is 0.833. The van der Waals surface area contributed by atoms with Gasteiger partial charge in [0, 0.05) is 28.6 Å². The van der Waals surface area contributed by atoms with Gasteiger partial charge in [-0.1, -0.05) is 12.8 Å². The van der Waals surface area contributed by atoms with Gasteiger partial charge in [0.05, 0.1) is 6.04 Å². The van der Waals surface area contributed by atoms with E-state index < -0.39 is 0 Å². The van der Waals surface area contributed by atoms with Crippen molar-refractivity contribution in [1.29, 1.82) is 0 Å². The summed E-state index contributed by atoms with van der Waals surface area (Å²) in [7, 11) is 0. The van der Waals surface area contributed by atoms with Gasteiger partial charge in [0.25, 0.3) is 0 Å². The third-order valence-electron chi connectivity index (χ3n) is 4.47. The SMILES string of the molecule is O=C(I)[C@H]1N[C@H]2CC[C@@H]1C[C@@H]2CC1CC1. The van der Waals surface area contributed by atoms with Crippen molar-refractivity contribution >= 4 is 26.4 Å². The van der Waals surface area contributed by atoms with Crippen molar-refractivity contribution in [1.82, 2.24) is 5.32 Å². The number of carbonyl (C=O) groups is 1. The number of hydrogen-bond acceptors (Lipinski definition) is 2. The summed E-state index contributed by atoms with van der Waals surface area (Å²) < 4.78 is 0.326. The fraction of sp³-hybridized carbons (Fsp3) is 0.917. The van der Waals surface area contributed by atoms with E-state index in [0.29, 0.717) is 15.7 Å². The zero-order valence-corrected chi connectivity index (χ0v) is 11.1. The van der Waals surface area contributed by atoms with Crippen LogP contribution in [0.5, 0.6) is 0 Å². The smallest absolute Gasteiger partial charge is 0.209 e. The van der Waals surface area contributed by atoms with Crippen molar-refractivity contribution < 1.29 is 4.79 Å². The van der Waals surface area contributed by atoms with Gasteiger partial charge in [0.15, 0.2) is 0 Å². The highest BCUT2D eigenvalue weighted by Crippen LogP contribution is 2.45. The summed E-state index contributed by atoms with van der Waals surface area (Å²) in [6.45, 7) is 0. The molecule has 0 spiro atoms. The van der Waals surface area contributed by atoms with E-state index in [0.717, 1.165) is 11.8 Å². The Bertz CT molecular complexity index is 277. The van der Waals surface area contributed by atoms with Crippen molar-refractivity contribution in [3.8, 4) is 0 Å². The minimum Gasteiger partial charge on any atom is -0.303 e. The Morgan fingerprint density at radius 3 is 2.60 bits per heavy atom. The van der Waals surface area contributed by atoms with Crippen molar-refractivity contribution in [2.75, 3.05) is 0 Å². The highest BCUT2D eigenvalue weighted by molar-refractivity contribution is 14.1. The number of rotatable bonds is 3. The van der Waals surface area contributed by atoms with E-state index in [1.807, 2.05) is 22.6 Å². The second-order valence-corrected chi connectivity index (χ2v) is 6.63. The summed E-state index contributed by atoms with van der Waals surface area (Å²) >= 11 is 1.96. The molecular formula is C12H18INO. The summed E-state index contributed by atoms with van der Waals surface area (Å²) in [5.41, 5.74) is 0. The van der Waals surface area contributed by atoms with Crippen LogP contribution in [0.3, 0.4) is 0 Å². The molecule has 0 unspecified atom stereocenters. The van der Waals surface area contributed by atoms with Crippen LogP contribution in [0.15, 0.2) is 0 Å². The van der Waals surface area contributed by atoms with Crippen LogP contribution in [0, 0.1) is 17.8 Å². The summed E-state index contributed by atoms with van der Waals surface area (Å²) in [4.78, 5) is 11.5. The monoisotopic (exact) mass is 319 g/mol. The first-order valence-corrected chi connectivity index (χ1v) is 7.27. The molecule has 4 aliphatic rings. The van der Waals surface area contributed by atoms with Gasteiger partial charge in [-0.15, -0.1) is 0 Å². The quantitative estimate of drug-likeness (QED) is 0.640. The molecule has 2 nitrogen and oxygen atoms in total. The maximum Gasteiger partial charge on any atom is 0.209 e. The second kappa shape index (κ2) is 3.99. The molecule has 2 saturated carbocycles. The van der Waals surface area contributed by atoms with Gasteiger partial charge >= 0.3 is 0 Å². The average molecular weight is 319 g/mol. The summed E-state index contributed by atoms with van der Waals surface area (Å²) in [5, 5.41) is 3.58. The van der Waals surface area contributed by atoms with Crippen LogP contribution in [0.2, 0.25) is 0 Å². The number of fused-ring (bicyclic) bond motifs is 3. The first kappa shape index (κ1) is 10.5. The molecule has 2 heterocycles. The fourth-order valence-electron chi connectivity index (χ4n) is 3.48. The molecule has 15 heavy (non-hydrogen) atoms. The third-order valence-corrected chi connectivity index (χ3v) is 5.14. The van der Waals surface area contributed by atoms with E-state index in [2.05, 4.69) is 5.32 Å². The van der Waals surface area contributed by atoms with Crippen molar-refractivity contribution in [2.24, 2.45) is 17.8 Å². The summed E-state index contributed by atoms with van der Waals surface area (Å²) in [5.74, 6) is 2.55. The minimum absolute atomic E-state index is 0.180. The van der Waals surface area contributed by atoms with E-state index in [4.69, 9.17) is 0 Å². The van der Waals surface area contributed by atoms with Gasteiger partial charge in [-0.3, -0.25) is 4.79 Å². The molecule has 2 bridgehead atoms. The largest absolute Gasteiger partial charge is 0.303 e. The van der Waals surface area contributed by atoms with Crippen LogP contribution in [-0.4, -0.2) is 15.9 Å². The highest BCUT2D eigenvalue weighted by Gasteiger charge is 2.44. The molecule has 3 heteroatoms. The fourth-order valence-corrected chi connectivity index (χ4v) is 4.17. The number of nitrogens with one attached hydrogen (secondary N) is 1. The first-order chi connectivity index (χ1) is 7.24. The molecule has 2 aliphatic heterocycles. The van der Waals surface area contributed by atoms with Gasteiger partial charge in [-0.05, 0) is 43.4 Å². The van der Waals surface area contributed by atoms with Crippen molar-refractivity contribution in [2.45, 2.75) is 50.6 Å². The Morgan fingerprint density at radius 2 is 2.07 bits per heavy atom. The van der Waals surface area contributed by atoms with E-state index >= 15 is 0 Å². The Kier molecular flexibility index (Phi) is 2.79. The van der Waals surface area contributed by atoms with Crippen LogP contribution in [0.25, 0.3) is 0 Å². The Hall–Kier alpha value is 0.360. The molecule has 2 saturated heterocycles.